The molecule has 1 saturated heterocycles. The molecule has 0 unspecified atom stereocenters. The molecule has 0 spiro atoms. The number of imidazole rings is 1. The SMILES string of the molecule is Cc1nccn1CCN1CCN(S(=O)(=O)c2ccc3c(c2)OCCO3)CC1. The van der Waals surface area contributed by atoms with Crippen molar-refractivity contribution >= 4 is 10.0 Å². The molecular weight excluding hydrogens is 368 g/mol. The molecule has 0 bridgehead atoms. The molecule has 0 radical (unpaired) electrons. The van der Waals surface area contributed by atoms with Gasteiger partial charge in [0.25, 0.3) is 0 Å². The monoisotopic (exact) mass is 392 g/mol. The zero-order valence-corrected chi connectivity index (χ0v) is 16.2. The molecule has 4 rings (SSSR count). The summed E-state index contributed by atoms with van der Waals surface area (Å²) >= 11 is 0. The normalized spacial score (nSPS) is 18.6. The summed E-state index contributed by atoms with van der Waals surface area (Å²) in [7, 11) is -3.53. The topological polar surface area (TPSA) is 76.9 Å². The van der Waals surface area contributed by atoms with Crippen molar-refractivity contribution in [1.82, 2.24) is 18.8 Å². The Morgan fingerprint density at radius 3 is 2.48 bits per heavy atom. The molecule has 9 heteroatoms. The van der Waals surface area contributed by atoms with Gasteiger partial charge < -0.3 is 14.0 Å². The maximum Gasteiger partial charge on any atom is 0.243 e. The number of sulfonamides is 1. The van der Waals surface area contributed by atoms with Crippen molar-refractivity contribution in [3.8, 4) is 11.5 Å². The minimum absolute atomic E-state index is 0.259. The van der Waals surface area contributed by atoms with Gasteiger partial charge in [0.15, 0.2) is 11.5 Å². The van der Waals surface area contributed by atoms with E-state index >= 15 is 0 Å². The van der Waals surface area contributed by atoms with E-state index in [9.17, 15) is 8.42 Å². The van der Waals surface area contributed by atoms with Crippen LogP contribution in [0.1, 0.15) is 5.82 Å². The van der Waals surface area contributed by atoms with Crippen LogP contribution in [0.2, 0.25) is 0 Å². The Morgan fingerprint density at radius 1 is 1.04 bits per heavy atom. The number of nitrogens with zero attached hydrogens (tertiary/aromatic N) is 4. The lowest BCUT2D eigenvalue weighted by molar-refractivity contribution is 0.170. The number of aromatic nitrogens is 2. The highest BCUT2D eigenvalue weighted by molar-refractivity contribution is 7.89. The minimum atomic E-state index is -3.53. The predicted molar refractivity (Wildman–Crippen MR) is 99.6 cm³/mol. The number of rotatable bonds is 5. The summed E-state index contributed by atoms with van der Waals surface area (Å²) in [4.78, 5) is 6.77. The van der Waals surface area contributed by atoms with E-state index in [1.165, 1.54) is 0 Å². The molecule has 0 aliphatic carbocycles. The van der Waals surface area contributed by atoms with E-state index in [0.29, 0.717) is 37.8 Å². The summed E-state index contributed by atoms with van der Waals surface area (Å²) in [6.07, 6.45) is 3.77. The van der Waals surface area contributed by atoms with E-state index in [0.717, 1.165) is 32.0 Å². The van der Waals surface area contributed by atoms with Crippen LogP contribution in [0.25, 0.3) is 0 Å². The number of piperazine rings is 1. The number of hydrogen-bond donors (Lipinski definition) is 0. The van der Waals surface area contributed by atoms with Crippen molar-refractivity contribution in [3.63, 3.8) is 0 Å². The van der Waals surface area contributed by atoms with Crippen molar-refractivity contribution in [2.24, 2.45) is 0 Å². The Labute approximate surface area is 159 Å². The molecule has 1 fully saturated rings. The van der Waals surface area contributed by atoms with E-state index in [-0.39, 0.29) is 4.90 Å². The molecule has 2 aliphatic heterocycles. The number of fused-ring (bicyclic) bond motifs is 1. The lowest BCUT2D eigenvalue weighted by atomic mass is 10.3. The number of ether oxygens (including phenoxy) is 2. The third-order valence-corrected chi connectivity index (χ3v) is 6.96. The number of hydrogen-bond acceptors (Lipinski definition) is 6. The first-order valence-electron chi connectivity index (χ1n) is 9.14. The fraction of sp³-hybridized carbons (Fsp3) is 0.500. The van der Waals surface area contributed by atoms with Gasteiger partial charge in [0.05, 0.1) is 4.90 Å². The van der Waals surface area contributed by atoms with E-state index in [4.69, 9.17) is 9.47 Å². The average Bonchev–Trinajstić information content (AvgIpc) is 3.11. The Bertz CT molecular complexity index is 904. The molecule has 1 aromatic heterocycles. The Balaban J connectivity index is 1.37. The van der Waals surface area contributed by atoms with E-state index < -0.39 is 10.0 Å². The van der Waals surface area contributed by atoms with Crippen LogP contribution in [0.3, 0.4) is 0 Å². The molecule has 2 aromatic rings. The van der Waals surface area contributed by atoms with Crippen LogP contribution in [0.15, 0.2) is 35.5 Å². The second-order valence-corrected chi connectivity index (χ2v) is 8.66. The molecule has 0 amide bonds. The quantitative estimate of drug-likeness (QED) is 0.755. The Morgan fingerprint density at radius 2 is 1.78 bits per heavy atom. The maximum absolute atomic E-state index is 13.0. The summed E-state index contributed by atoms with van der Waals surface area (Å²) in [5.74, 6) is 2.09. The third-order valence-electron chi connectivity index (χ3n) is 5.06. The first-order valence-corrected chi connectivity index (χ1v) is 10.6. The largest absolute Gasteiger partial charge is 0.486 e. The fourth-order valence-electron chi connectivity index (χ4n) is 3.42. The van der Waals surface area contributed by atoms with Gasteiger partial charge in [-0.1, -0.05) is 0 Å². The molecule has 2 aliphatic rings. The van der Waals surface area contributed by atoms with Crippen molar-refractivity contribution in [3.05, 3.63) is 36.4 Å². The van der Waals surface area contributed by atoms with Crippen molar-refractivity contribution in [1.29, 1.82) is 0 Å². The van der Waals surface area contributed by atoms with Gasteiger partial charge in [-0.2, -0.15) is 4.31 Å². The zero-order valence-electron chi connectivity index (χ0n) is 15.4. The van der Waals surface area contributed by atoms with Crippen LogP contribution in [0, 0.1) is 6.92 Å². The molecule has 0 atom stereocenters. The van der Waals surface area contributed by atoms with Crippen molar-refractivity contribution in [2.75, 3.05) is 45.9 Å². The lowest BCUT2D eigenvalue weighted by Crippen LogP contribution is -2.49. The molecule has 1 aromatic carbocycles. The van der Waals surface area contributed by atoms with Gasteiger partial charge >= 0.3 is 0 Å². The summed E-state index contributed by atoms with van der Waals surface area (Å²) in [6.45, 7) is 7.06. The van der Waals surface area contributed by atoms with E-state index in [1.54, 1.807) is 28.7 Å². The van der Waals surface area contributed by atoms with Crippen LogP contribution in [0.5, 0.6) is 11.5 Å². The highest BCUT2D eigenvalue weighted by Gasteiger charge is 2.29. The smallest absolute Gasteiger partial charge is 0.243 e. The summed E-state index contributed by atoms with van der Waals surface area (Å²) in [6, 6.07) is 4.83. The van der Waals surface area contributed by atoms with Gasteiger partial charge in [-0.05, 0) is 19.1 Å². The first kappa shape index (κ1) is 18.3. The Hall–Kier alpha value is -2.10. The van der Waals surface area contributed by atoms with Crippen molar-refractivity contribution < 1.29 is 17.9 Å². The molecular formula is C18H24N4O4S. The molecule has 0 saturated carbocycles. The molecule has 0 N–H and O–H groups in total. The van der Waals surface area contributed by atoms with Crippen LogP contribution >= 0.6 is 0 Å². The number of aryl methyl sites for hydroxylation is 1. The van der Waals surface area contributed by atoms with Gasteiger partial charge in [-0.3, -0.25) is 4.90 Å². The zero-order chi connectivity index (χ0) is 18.9. The second kappa shape index (κ2) is 7.49. The lowest BCUT2D eigenvalue weighted by Gasteiger charge is -2.34. The predicted octanol–water partition coefficient (Wildman–Crippen LogP) is 0.969. The van der Waals surface area contributed by atoms with Gasteiger partial charge in [-0.15, -0.1) is 0 Å². The average molecular weight is 392 g/mol. The van der Waals surface area contributed by atoms with Gasteiger partial charge in [0.2, 0.25) is 10.0 Å². The summed E-state index contributed by atoms with van der Waals surface area (Å²) in [5.41, 5.74) is 0. The summed E-state index contributed by atoms with van der Waals surface area (Å²) < 4.78 is 40.6. The molecule has 3 heterocycles. The van der Waals surface area contributed by atoms with Gasteiger partial charge in [-0.25, -0.2) is 13.4 Å². The van der Waals surface area contributed by atoms with Crippen LogP contribution in [-0.4, -0.2) is 73.1 Å². The fourth-order valence-corrected chi connectivity index (χ4v) is 4.85. The standard InChI is InChI=1S/C18H24N4O4S/c1-15-19-4-5-21(15)9-6-20-7-10-22(11-8-20)27(23,24)16-2-3-17-18(14-16)26-13-12-25-17/h2-5,14H,6-13H2,1H3. The molecule has 27 heavy (non-hydrogen) atoms. The highest BCUT2D eigenvalue weighted by atomic mass is 32.2. The van der Waals surface area contributed by atoms with E-state index in [1.807, 2.05) is 13.1 Å². The second-order valence-electron chi connectivity index (χ2n) is 6.72. The Kier molecular flexibility index (Phi) is 5.07. The number of benzene rings is 1. The third kappa shape index (κ3) is 3.80. The molecule has 8 nitrogen and oxygen atoms in total. The van der Waals surface area contributed by atoms with Crippen LogP contribution < -0.4 is 9.47 Å². The molecule has 146 valence electrons. The van der Waals surface area contributed by atoms with E-state index in [2.05, 4.69) is 14.5 Å². The highest BCUT2D eigenvalue weighted by Crippen LogP contribution is 2.33. The maximum atomic E-state index is 13.0. The van der Waals surface area contributed by atoms with Crippen LogP contribution in [0.4, 0.5) is 0 Å². The first-order chi connectivity index (χ1) is 13.0. The van der Waals surface area contributed by atoms with Gasteiger partial charge in [0.1, 0.15) is 19.0 Å². The van der Waals surface area contributed by atoms with Crippen LogP contribution in [-0.2, 0) is 16.6 Å². The minimum Gasteiger partial charge on any atom is -0.486 e. The summed E-state index contributed by atoms with van der Waals surface area (Å²) in [5, 5.41) is 0. The van der Waals surface area contributed by atoms with Crippen molar-refractivity contribution in [2.45, 2.75) is 18.4 Å². The van der Waals surface area contributed by atoms with Gasteiger partial charge in [0, 0.05) is 57.7 Å².